The second kappa shape index (κ2) is 7.41. The van der Waals surface area contributed by atoms with Crippen LogP contribution in [0.25, 0.3) is 0 Å². The normalized spacial score (nSPS) is 12.0. The molecule has 0 fully saturated rings. The fraction of sp³-hybridized carbons (Fsp3) is 0.500. The topological polar surface area (TPSA) is 41.1 Å². The lowest BCUT2D eigenvalue weighted by Gasteiger charge is -2.17. The first-order valence-corrected chi connectivity index (χ1v) is 7.14. The Bertz CT molecular complexity index is 407. The van der Waals surface area contributed by atoms with Crippen LogP contribution in [0.2, 0.25) is 0 Å². The Balaban J connectivity index is 2.53. The Morgan fingerprint density at radius 2 is 2.17 bits per heavy atom. The summed E-state index contributed by atoms with van der Waals surface area (Å²) in [6.45, 7) is 6.76. The molecule has 1 amide bonds. The number of amides is 1. The van der Waals surface area contributed by atoms with Gasteiger partial charge in [0.15, 0.2) is 0 Å². The predicted octanol–water partition coefficient (Wildman–Crippen LogP) is 3.47. The summed E-state index contributed by atoms with van der Waals surface area (Å²) in [5.41, 5.74) is 2.12. The molecule has 2 N–H and O–H groups in total. The summed E-state index contributed by atoms with van der Waals surface area (Å²) >= 11 is 3.43. The van der Waals surface area contributed by atoms with E-state index in [4.69, 9.17) is 0 Å². The van der Waals surface area contributed by atoms with E-state index >= 15 is 0 Å². The number of halogens is 1. The molecule has 0 heterocycles. The Morgan fingerprint density at radius 3 is 2.78 bits per heavy atom. The zero-order valence-electron chi connectivity index (χ0n) is 11.2. The third-order valence-corrected chi connectivity index (χ3v) is 3.28. The summed E-state index contributed by atoms with van der Waals surface area (Å²) in [5, 5.41) is 6.15. The molecule has 0 spiro atoms. The minimum Gasteiger partial charge on any atom is -0.374 e. The average Bonchev–Trinajstić information content (AvgIpc) is 2.32. The van der Waals surface area contributed by atoms with E-state index in [1.54, 1.807) is 0 Å². The molecule has 100 valence electrons. The molecule has 0 aliphatic carbocycles. The number of benzene rings is 1. The lowest BCUT2D eigenvalue weighted by atomic mass is 10.2. The molecule has 0 saturated heterocycles. The molecule has 0 radical (unpaired) electrons. The van der Waals surface area contributed by atoms with E-state index in [1.807, 2.05) is 32.0 Å². The number of anilines is 1. The van der Waals surface area contributed by atoms with Crippen molar-refractivity contribution in [2.45, 2.75) is 39.7 Å². The minimum atomic E-state index is -0.221. The fourth-order valence-corrected chi connectivity index (χ4v) is 2.10. The molecule has 0 aliphatic heterocycles. The third-order valence-electron chi connectivity index (χ3n) is 2.78. The second-order valence-electron chi connectivity index (χ2n) is 4.47. The highest BCUT2D eigenvalue weighted by Gasteiger charge is 2.12. The molecule has 0 bridgehead atoms. The van der Waals surface area contributed by atoms with E-state index in [-0.39, 0.29) is 11.9 Å². The van der Waals surface area contributed by atoms with E-state index in [1.165, 1.54) is 0 Å². The summed E-state index contributed by atoms with van der Waals surface area (Å²) in [6, 6.07) is 5.76. The summed E-state index contributed by atoms with van der Waals surface area (Å²) < 4.78 is 1.05. The van der Waals surface area contributed by atoms with Crippen LogP contribution in [0, 0.1) is 6.92 Å². The third kappa shape index (κ3) is 4.69. The Morgan fingerprint density at radius 1 is 1.44 bits per heavy atom. The number of hydrogen-bond acceptors (Lipinski definition) is 2. The molecule has 1 aromatic carbocycles. The standard InChI is InChI=1S/C14H21BrN2O/c1-4-5-8-16-14(18)11(3)17-13-7-6-12(15)9-10(13)2/h6-7,9,11,17H,4-5,8H2,1-3H3,(H,16,18). The number of unbranched alkanes of at least 4 members (excludes halogenated alkanes) is 1. The molecular weight excluding hydrogens is 292 g/mol. The van der Waals surface area contributed by atoms with E-state index in [9.17, 15) is 4.79 Å². The Hall–Kier alpha value is -1.03. The summed E-state index contributed by atoms with van der Waals surface area (Å²) in [5.74, 6) is 0.0470. The maximum atomic E-state index is 11.8. The highest BCUT2D eigenvalue weighted by atomic mass is 79.9. The van der Waals surface area contributed by atoms with Crippen LogP contribution in [-0.4, -0.2) is 18.5 Å². The lowest BCUT2D eigenvalue weighted by molar-refractivity contribution is -0.121. The summed E-state index contributed by atoms with van der Waals surface area (Å²) in [7, 11) is 0. The van der Waals surface area contributed by atoms with Crippen LogP contribution < -0.4 is 10.6 Å². The van der Waals surface area contributed by atoms with Gasteiger partial charge in [0.2, 0.25) is 5.91 Å². The van der Waals surface area contributed by atoms with Gasteiger partial charge < -0.3 is 10.6 Å². The zero-order chi connectivity index (χ0) is 13.5. The van der Waals surface area contributed by atoms with Gasteiger partial charge in [0.1, 0.15) is 6.04 Å². The van der Waals surface area contributed by atoms with Crippen LogP contribution in [0.3, 0.4) is 0 Å². The monoisotopic (exact) mass is 312 g/mol. The molecule has 3 nitrogen and oxygen atoms in total. The van der Waals surface area contributed by atoms with E-state index < -0.39 is 0 Å². The molecule has 1 aromatic rings. The first kappa shape index (κ1) is 15.0. The number of carbonyl (C=O) groups is 1. The largest absolute Gasteiger partial charge is 0.374 e. The van der Waals surface area contributed by atoms with Crippen molar-refractivity contribution in [3.05, 3.63) is 28.2 Å². The van der Waals surface area contributed by atoms with Gasteiger partial charge in [-0.15, -0.1) is 0 Å². The second-order valence-corrected chi connectivity index (χ2v) is 5.39. The van der Waals surface area contributed by atoms with Crippen LogP contribution in [0.5, 0.6) is 0 Å². The number of aryl methyl sites for hydroxylation is 1. The molecule has 0 saturated carbocycles. The van der Waals surface area contributed by atoms with Crippen LogP contribution >= 0.6 is 15.9 Å². The number of rotatable bonds is 6. The maximum Gasteiger partial charge on any atom is 0.242 e. The zero-order valence-corrected chi connectivity index (χ0v) is 12.8. The molecule has 18 heavy (non-hydrogen) atoms. The van der Waals surface area contributed by atoms with Gasteiger partial charge in [-0.2, -0.15) is 0 Å². The van der Waals surface area contributed by atoms with Crippen molar-refractivity contribution in [3.8, 4) is 0 Å². The highest BCUT2D eigenvalue weighted by molar-refractivity contribution is 9.10. The van der Waals surface area contributed by atoms with Crippen LogP contribution in [0.15, 0.2) is 22.7 Å². The first-order valence-electron chi connectivity index (χ1n) is 6.35. The van der Waals surface area contributed by atoms with E-state index in [0.717, 1.165) is 35.1 Å². The van der Waals surface area contributed by atoms with Gasteiger partial charge in [-0.3, -0.25) is 4.79 Å². The number of carbonyl (C=O) groups excluding carboxylic acids is 1. The Labute approximate surface area is 117 Å². The van der Waals surface area contributed by atoms with Crippen molar-refractivity contribution < 1.29 is 4.79 Å². The van der Waals surface area contributed by atoms with Gasteiger partial charge in [0, 0.05) is 16.7 Å². The van der Waals surface area contributed by atoms with E-state index in [0.29, 0.717) is 0 Å². The van der Waals surface area contributed by atoms with Crippen molar-refractivity contribution in [2.24, 2.45) is 0 Å². The van der Waals surface area contributed by atoms with Crippen molar-refractivity contribution in [3.63, 3.8) is 0 Å². The van der Waals surface area contributed by atoms with Crippen LogP contribution in [0.4, 0.5) is 5.69 Å². The Kier molecular flexibility index (Phi) is 6.19. The smallest absolute Gasteiger partial charge is 0.242 e. The molecule has 1 rings (SSSR count). The van der Waals surface area contributed by atoms with Crippen LogP contribution in [0.1, 0.15) is 32.3 Å². The van der Waals surface area contributed by atoms with Crippen molar-refractivity contribution in [2.75, 3.05) is 11.9 Å². The molecular formula is C14H21BrN2O. The predicted molar refractivity (Wildman–Crippen MR) is 79.9 cm³/mol. The highest BCUT2D eigenvalue weighted by Crippen LogP contribution is 2.20. The van der Waals surface area contributed by atoms with Crippen molar-refractivity contribution in [1.82, 2.24) is 5.32 Å². The lowest BCUT2D eigenvalue weighted by Crippen LogP contribution is -2.38. The number of nitrogens with one attached hydrogen (secondary N) is 2. The molecule has 1 atom stereocenters. The van der Waals surface area contributed by atoms with Gasteiger partial charge in [0.25, 0.3) is 0 Å². The quantitative estimate of drug-likeness (QED) is 0.790. The van der Waals surface area contributed by atoms with Crippen LogP contribution in [-0.2, 0) is 4.79 Å². The average molecular weight is 313 g/mol. The minimum absolute atomic E-state index is 0.0470. The summed E-state index contributed by atoms with van der Waals surface area (Å²) in [6.07, 6.45) is 2.11. The molecule has 0 aromatic heterocycles. The molecule has 1 unspecified atom stereocenters. The molecule has 4 heteroatoms. The molecule has 0 aliphatic rings. The summed E-state index contributed by atoms with van der Waals surface area (Å²) in [4.78, 5) is 11.8. The first-order chi connectivity index (χ1) is 8.54. The van der Waals surface area contributed by atoms with Crippen molar-refractivity contribution in [1.29, 1.82) is 0 Å². The van der Waals surface area contributed by atoms with Gasteiger partial charge in [-0.1, -0.05) is 29.3 Å². The SMILES string of the molecule is CCCCNC(=O)C(C)Nc1ccc(Br)cc1C. The van der Waals surface area contributed by atoms with Crippen molar-refractivity contribution >= 4 is 27.5 Å². The van der Waals surface area contributed by atoms with Gasteiger partial charge >= 0.3 is 0 Å². The van der Waals surface area contributed by atoms with Gasteiger partial charge in [-0.25, -0.2) is 0 Å². The maximum absolute atomic E-state index is 11.8. The van der Waals surface area contributed by atoms with Gasteiger partial charge in [-0.05, 0) is 44.0 Å². The van der Waals surface area contributed by atoms with Gasteiger partial charge in [0.05, 0.1) is 0 Å². The van der Waals surface area contributed by atoms with E-state index in [2.05, 4.69) is 33.5 Å². The number of hydrogen-bond donors (Lipinski definition) is 2. The fourth-order valence-electron chi connectivity index (χ4n) is 1.63.